The van der Waals surface area contributed by atoms with Crippen molar-refractivity contribution in [1.82, 2.24) is 15.5 Å². The average molecular weight is 360 g/mol. The zero-order valence-corrected chi connectivity index (χ0v) is 17.6. The van der Waals surface area contributed by atoms with Crippen LogP contribution in [-0.2, 0) is 6.54 Å². The average Bonchev–Trinajstić information content (AvgIpc) is 2.94. The van der Waals surface area contributed by atoms with E-state index in [0.717, 1.165) is 25.6 Å². The van der Waals surface area contributed by atoms with E-state index >= 15 is 0 Å². The number of anilines is 1. The van der Waals surface area contributed by atoms with E-state index in [2.05, 4.69) is 87.3 Å². The number of nitrogens with one attached hydrogen (secondary N) is 2. The first-order chi connectivity index (χ1) is 12.3. The fourth-order valence-corrected chi connectivity index (χ4v) is 3.50. The van der Waals surface area contributed by atoms with Crippen molar-refractivity contribution < 1.29 is 0 Å². The number of benzene rings is 1. The van der Waals surface area contributed by atoms with Crippen molar-refractivity contribution in [2.75, 3.05) is 38.6 Å². The van der Waals surface area contributed by atoms with Crippen LogP contribution in [0.3, 0.4) is 0 Å². The number of aryl methyl sites for hydroxylation is 1. The highest BCUT2D eigenvalue weighted by atomic mass is 15.3. The summed E-state index contributed by atoms with van der Waals surface area (Å²) >= 11 is 0. The maximum absolute atomic E-state index is 4.87. The summed E-state index contributed by atoms with van der Waals surface area (Å²) in [7, 11) is 4.18. The Hall–Kier alpha value is -1.75. The molecular formula is C21H37N5. The number of likely N-dealkylation sites (tertiary alicyclic amines) is 1. The Bertz CT molecular complexity index is 608. The van der Waals surface area contributed by atoms with Gasteiger partial charge in [-0.15, -0.1) is 0 Å². The van der Waals surface area contributed by atoms with E-state index in [1.165, 1.54) is 16.8 Å². The molecule has 0 spiro atoms. The van der Waals surface area contributed by atoms with E-state index in [-0.39, 0.29) is 0 Å². The molecule has 0 aromatic heterocycles. The maximum Gasteiger partial charge on any atom is 0.191 e. The first kappa shape index (κ1) is 20.6. The lowest BCUT2D eigenvalue weighted by Gasteiger charge is -2.22. The molecule has 5 nitrogen and oxygen atoms in total. The molecule has 26 heavy (non-hydrogen) atoms. The molecule has 5 heteroatoms. The third-order valence-corrected chi connectivity index (χ3v) is 5.17. The number of aliphatic imine (C=N–C) groups is 1. The van der Waals surface area contributed by atoms with Gasteiger partial charge in [0.25, 0.3) is 0 Å². The van der Waals surface area contributed by atoms with Crippen LogP contribution in [0.5, 0.6) is 0 Å². The van der Waals surface area contributed by atoms with Gasteiger partial charge in [0, 0.05) is 51.5 Å². The fourth-order valence-electron chi connectivity index (χ4n) is 3.50. The smallest absolute Gasteiger partial charge is 0.191 e. The van der Waals surface area contributed by atoms with E-state index < -0.39 is 0 Å². The van der Waals surface area contributed by atoms with E-state index in [4.69, 9.17) is 4.99 Å². The molecule has 0 amide bonds. The summed E-state index contributed by atoms with van der Waals surface area (Å²) in [5.41, 5.74) is 3.77. The highest BCUT2D eigenvalue weighted by Gasteiger charge is 2.31. The highest BCUT2D eigenvalue weighted by Crippen LogP contribution is 2.21. The van der Waals surface area contributed by atoms with Crippen molar-refractivity contribution in [2.24, 2.45) is 10.9 Å². The first-order valence-corrected chi connectivity index (χ1v) is 9.87. The zero-order valence-electron chi connectivity index (χ0n) is 17.6. The van der Waals surface area contributed by atoms with Gasteiger partial charge in [-0.2, -0.15) is 0 Å². The van der Waals surface area contributed by atoms with E-state index in [1.807, 2.05) is 0 Å². The number of nitrogens with zero attached hydrogens (tertiary/aromatic N) is 3. The van der Waals surface area contributed by atoms with Gasteiger partial charge < -0.3 is 15.5 Å². The minimum Gasteiger partial charge on any atom is -0.377 e. The predicted octanol–water partition coefficient (Wildman–Crippen LogP) is 2.84. The molecule has 0 aliphatic carbocycles. The molecule has 2 atom stereocenters. The second-order valence-electron chi connectivity index (χ2n) is 8.00. The van der Waals surface area contributed by atoms with Gasteiger partial charge in [0.05, 0.1) is 6.54 Å². The van der Waals surface area contributed by atoms with Crippen LogP contribution in [0.15, 0.2) is 23.2 Å². The van der Waals surface area contributed by atoms with Gasteiger partial charge >= 0.3 is 0 Å². The van der Waals surface area contributed by atoms with Gasteiger partial charge in [-0.3, -0.25) is 4.90 Å². The number of hydrogen-bond acceptors (Lipinski definition) is 3. The Morgan fingerprint density at radius 1 is 1.31 bits per heavy atom. The molecule has 1 fully saturated rings. The van der Waals surface area contributed by atoms with Crippen LogP contribution in [0, 0.1) is 12.8 Å². The predicted molar refractivity (Wildman–Crippen MR) is 113 cm³/mol. The third kappa shape index (κ3) is 5.37. The van der Waals surface area contributed by atoms with E-state index in [0.29, 0.717) is 24.5 Å². The van der Waals surface area contributed by atoms with Crippen LogP contribution in [-0.4, -0.2) is 56.7 Å². The van der Waals surface area contributed by atoms with Crippen molar-refractivity contribution in [3.05, 3.63) is 29.3 Å². The minimum absolute atomic E-state index is 0.446. The van der Waals surface area contributed by atoms with Crippen LogP contribution < -0.4 is 15.5 Å². The number of hydrogen-bond donors (Lipinski definition) is 2. The zero-order chi connectivity index (χ0) is 19.3. The highest BCUT2D eigenvalue weighted by molar-refractivity contribution is 5.80. The molecule has 1 aromatic rings. The van der Waals surface area contributed by atoms with Crippen LogP contribution in [0.2, 0.25) is 0 Å². The second-order valence-corrected chi connectivity index (χ2v) is 8.00. The molecule has 1 aliphatic rings. The molecule has 2 unspecified atom stereocenters. The molecule has 1 aromatic carbocycles. The third-order valence-electron chi connectivity index (χ3n) is 5.17. The van der Waals surface area contributed by atoms with Crippen LogP contribution >= 0.6 is 0 Å². The molecule has 1 aliphatic heterocycles. The number of guanidine groups is 1. The van der Waals surface area contributed by atoms with Crippen LogP contribution in [0.25, 0.3) is 0 Å². The standard InChI is InChI=1S/C21H37N5/c1-8-22-21(24-19-14-26(15(2)3)13-17(19)5)23-12-18-10-9-16(4)11-20(18)25(6)7/h9-11,15,17,19H,8,12-14H2,1-7H3,(H2,22,23,24). The summed E-state index contributed by atoms with van der Waals surface area (Å²) in [6.07, 6.45) is 0. The van der Waals surface area contributed by atoms with Crippen molar-refractivity contribution in [3.63, 3.8) is 0 Å². The van der Waals surface area contributed by atoms with E-state index in [1.54, 1.807) is 0 Å². The monoisotopic (exact) mass is 359 g/mol. The topological polar surface area (TPSA) is 42.9 Å². The molecule has 2 N–H and O–H groups in total. The Morgan fingerprint density at radius 2 is 2.04 bits per heavy atom. The molecule has 0 bridgehead atoms. The summed E-state index contributed by atoms with van der Waals surface area (Å²) in [6, 6.07) is 7.62. The summed E-state index contributed by atoms with van der Waals surface area (Å²) in [5, 5.41) is 7.08. The molecule has 2 rings (SSSR count). The normalized spacial score (nSPS) is 21.3. The lowest BCUT2D eigenvalue weighted by atomic mass is 10.1. The van der Waals surface area contributed by atoms with Crippen LogP contribution in [0.4, 0.5) is 5.69 Å². The van der Waals surface area contributed by atoms with Gasteiger partial charge in [0.2, 0.25) is 0 Å². The summed E-state index contributed by atoms with van der Waals surface area (Å²) in [5.74, 6) is 1.54. The molecular weight excluding hydrogens is 322 g/mol. The second kappa shape index (κ2) is 9.26. The number of rotatable bonds is 6. The van der Waals surface area contributed by atoms with Gasteiger partial charge in [0.15, 0.2) is 5.96 Å². The maximum atomic E-state index is 4.87. The molecule has 0 saturated carbocycles. The van der Waals surface area contributed by atoms with E-state index in [9.17, 15) is 0 Å². The summed E-state index contributed by atoms with van der Waals surface area (Å²) in [4.78, 5) is 9.58. The van der Waals surface area contributed by atoms with Crippen molar-refractivity contribution in [2.45, 2.75) is 53.2 Å². The van der Waals surface area contributed by atoms with Crippen molar-refractivity contribution in [3.8, 4) is 0 Å². The molecule has 0 radical (unpaired) electrons. The largest absolute Gasteiger partial charge is 0.377 e. The van der Waals surface area contributed by atoms with Crippen molar-refractivity contribution in [1.29, 1.82) is 0 Å². The molecule has 146 valence electrons. The SMILES string of the molecule is CCNC(=NCc1ccc(C)cc1N(C)C)NC1CN(C(C)C)CC1C. The summed E-state index contributed by atoms with van der Waals surface area (Å²) < 4.78 is 0. The first-order valence-electron chi connectivity index (χ1n) is 9.87. The lowest BCUT2D eigenvalue weighted by molar-refractivity contribution is 0.265. The van der Waals surface area contributed by atoms with Crippen LogP contribution in [0.1, 0.15) is 38.8 Å². The van der Waals surface area contributed by atoms with Crippen molar-refractivity contribution >= 4 is 11.6 Å². The lowest BCUT2D eigenvalue weighted by Crippen LogP contribution is -2.46. The Labute approximate surface area is 159 Å². The minimum atomic E-state index is 0.446. The summed E-state index contributed by atoms with van der Waals surface area (Å²) in [6.45, 7) is 14.9. The Kier molecular flexibility index (Phi) is 7.33. The van der Waals surface area contributed by atoms with Gasteiger partial charge in [0.1, 0.15) is 0 Å². The van der Waals surface area contributed by atoms with Gasteiger partial charge in [-0.1, -0.05) is 19.1 Å². The molecule has 1 heterocycles. The van der Waals surface area contributed by atoms with Gasteiger partial charge in [-0.05, 0) is 50.8 Å². The Morgan fingerprint density at radius 3 is 2.62 bits per heavy atom. The fraction of sp³-hybridized carbons (Fsp3) is 0.667. The van der Waals surface area contributed by atoms with Gasteiger partial charge in [-0.25, -0.2) is 4.99 Å². The molecule has 1 saturated heterocycles. The quantitative estimate of drug-likeness (QED) is 0.605. The Balaban J connectivity index is 2.10.